The van der Waals surface area contributed by atoms with Crippen molar-refractivity contribution in [3.8, 4) is 0 Å². The third-order valence-corrected chi connectivity index (χ3v) is 7.75. The third-order valence-electron chi connectivity index (χ3n) is 7.75. The Morgan fingerprint density at radius 2 is 1.33 bits per heavy atom. The van der Waals surface area contributed by atoms with E-state index in [2.05, 4.69) is 47.6 Å². The molecule has 5 aliphatic rings. The van der Waals surface area contributed by atoms with Crippen molar-refractivity contribution in [3.63, 3.8) is 0 Å². The van der Waals surface area contributed by atoms with Gasteiger partial charge in [0, 0.05) is 5.56 Å². The summed E-state index contributed by atoms with van der Waals surface area (Å²) in [6.45, 7) is 0. The quantitative estimate of drug-likeness (QED) is 0.281. The first-order valence-electron chi connectivity index (χ1n) is 10.7. The van der Waals surface area contributed by atoms with Gasteiger partial charge in [-0.25, -0.2) is 0 Å². The van der Waals surface area contributed by atoms with Crippen LogP contribution in [0.15, 0.2) is 71.9 Å². The zero-order valence-corrected chi connectivity index (χ0v) is 16.3. The summed E-state index contributed by atoms with van der Waals surface area (Å²) >= 11 is 0. The summed E-state index contributed by atoms with van der Waals surface area (Å²) in [5.41, 5.74) is 0.947. The fraction of sp³-hybridized carbons (Fsp3) is 0.269. The molecule has 2 bridgehead atoms. The Kier molecular flexibility index (Phi) is 3.12. The highest BCUT2D eigenvalue weighted by molar-refractivity contribution is 6.14. The van der Waals surface area contributed by atoms with E-state index in [1.165, 1.54) is 11.4 Å². The summed E-state index contributed by atoms with van der Waals surface area (Å²) in [7, 11) is 0. The van der Waals surface area contributed by atoms with Crippen molar-refractivity contribution in [2.45, 2.75) is 6.42 Å². The second-order valence-corrected chi connectivity index (χ2v) is 9.12. The summed E-state index contributed by atoms with van der Waals surface area (Å²) in [5, 5.41) is 10.0. The number of imide groups is 1. The lowest BCUT2D eigenvalue weighted by atomic mass is 9.63. The number of carbonyl (C=O) groups is 2. The van der Waals surface area contributed by atoms with Gasteiger partial charge in [0.1, 0.15) is 0 Å². The van der Waals surface area contributed by atoms with Gasteiger partial charge >= 0.3 is 0 Å². The Morgan fingerprint density at radius 3 is 1.90 bits per heavy atom. The van der Waals surface area contributed by atoms with Gasteiger partial charge in [-0.15, -0.1) is 0 Å². The van der Waals surface area contributed by atoms with E-state index in [1.807, 2.05) is 24.3 Å². The first-order chi connectivity index (χ1) is 14.7. The summed E-state index contributed by atoms with van der Waals surface area (Å²) in [6.07, 6.45) is 7.27. The number of carbonyl (C=O) groups excluding carboxylic acids is 2. The number of hydrogen-bond donors (Lipinski definition) is 0. The maximum Gasteiger partial charge on any atom is 0.254 e. The smallest absolute Gasteiger partial charge is 0.254 e. The van der Waals surface area contributed by atoms with Crippen LogP contribution in [-0.4, -0.2) is 23.0 Å². The number of nitrogens with zero attached hydrogens (tertiary/aromatic N) is 2. The van der Waals surface area contributed by atoms with Crippen molar-refractivity contribution in [3.05, 3.63) is 72.3 Å². The summed E-state index contributed by atoms with van der Waals surface area (Å²) < 4.78 is 0. The van der Waals surface area contributed by atoms with Gasteiger partial charge in [0.15, 0.2) is 0 Å². The molecule has 0 spiro atoms. The molecule has 3 fully saturated rings. The molecule has 1 saturated heterocycles. The molecule has 0 N–H and O–H groups in total. The highest BCUT2D eigenvalue weighted by Gasteiger charge is 2.67. The van der Waals surface area contributed by atoms with E-state index in [0.717, 1.165) is 27.1 Å². The van der Waals surface area contributed by atoms with Crippen molar-refractivity contribution >= 4 is 39.6 Å². The van der Waals surface area contributed by atoms with Crippen molar-refractivity contribution in [2.75, 3.05) is 0 Å². The lowest BCUT2D eigenvalue weighted by Crippen LogP contribution is -2.40. The van der Waals surface area contributed by atoms with Gasteiger partial charge in [-0.1, -0.05) is 60.7 Å². The summed E-state index contributed by atoms with van der Waals surface area (Å²) in [5.74, 6) is 0.995. The van der Waals surface area contributed by atoms with Crippen molar-refractivity contribution in [2.24, 2.45) is 40.6 Å². The summed E-state index contributed by atoms with van der Waals surface area (Å²) in [4.78, 5) is 26.4. The van der Waals surface area contributed by atoms with Crippen LogP contribution in [0.3, 0.4) is 0 Å². The van der Waals surface area contributed by atoms with Crippen LogP contribution >= 0.6 is 0 Å². The number of hydrazone groups is 1. The standard InChI is InChI=1S/C26H20N2O2/c29-25-23-18-9-10-19(21-12-20(18)21)24(23)26(30)28(25)27-13-22-16-7-3-1-5-14(16)11-15-6-2-4-8-17(15)22/h1-11,13,18-21,23-24H,12H2/t18-,19-,20-,21+,23+,24+/m0/s1. The zero-order chi connectivity index (χ0) is 20.0. The monoisotopic (exact) mass is 392 g/mol. The second kappa shape index (κ2) is 5.66. The molecule has 0 unspecified atom stereocenters. The molecule has 0 aromatic heterocycles. The molecular weight excluding hydrogens is 372 g/mol. The number of rotatable bonds is 2. The molecule has 30 heavy (non-hydrogen) atoms. The first-order valence-corrected chi connectivity index (χ1v) is 10.7. The molecule has 4 nitrogen and oxygen atoms in total. The fourth-order valence-corrected chi connectivity index (χ4v) is 6.36. The van der Waals surface area contributed by atoms with Crippen LogP contribution in [0, 0.1) is 35.5 Å². The molecule has 3 aromatic rings. The largest absolute Gasteiger partial charge is 0.272 e. The molecule has 146 valence electrons. The van der Waals surface area contributed by atoms with Crippen LogP contribution in [0.4, 0.5) is 0 Å². The molecule has 8 rings (SSSR count). The topological polar surface area (TPSA) is 49.7 Å². The van der Waals surface area contributed by atoms with Gasteiger partial charge in [0.25, 0.3) is 11.8 Å². The summed E-state index contributed by atoms with van der Waals surface area (Å²) in [6, 6.07) is 18.5. The van der Waals surface area contributed by atoms with Crippen LogP contribution in [0.1, 0.15) is 12.0 Å². The van der Waals surface area contributed by atoms with Gasteiger partial charge in [0.2, 0.25) is 0 Å². The van der Waals surface area contributed by atoms with Gasteiger partial charge in [-0.2, -0.15) is 10.1 Å². The average Bonchev–Trinajstić information content (AvgIpc) is 3.56. The van der Waals surface area contributed by atoms with Crippen LogP contribution < -0.4 is 0 Å². The Balaban J connectivity index is 1.33. The second-order valence-electron chi connectivity index (χ2n) is 9.12. The van der Waals surface area contributed by atoms with Crippen molar-refractivity contribution in [1.29, 1.82) is 0 Å². The van der Waals surface area contributed by atoms with E-state index < -0.39 is 0 Å². The molecule has 2 saturated carbocycles. The number of hydrogen-bond acceptors (Lipinski definition) is 3. The molecule has 4 heteroatoms. The minimum absolute atomic E-state index is 0.115. The van der Waals surface area contributed by atoms with E-state index in [0.29, 0.717) is 11.8 Å². The van der Waals surface area contributed by atoms with E-state index in [1.54, 1.807) is 6.21 Å². The van der Waals surface area contributed by atoms with Crippen LogP contribution in [-0.2, 0) is 9.59 Å². The number of benzene rings is 3. The predicted molar refractivity (Wildman–Crippen MR) is 116 cm³/mol. The Bertz CT molecular complexity index is 1230. The number of amides is 2. The van der Waals surface area contributed by atoms with Gasteiger partial charge in [0.05, 0.1) is 18.1 Å². The van der Waals surface area contributed by atoms with E-state index in [9.17, 15) is 9.59 Å². The third kappa shape index (κ3) is 2.03. The fourth-order valence-electron chi connectivity index (χ4n) is 6.36. The Morgan fingerprint density at radius 1 is 0.800 bits per heavy atom. The zero-order valence-electron chi connectivity index (χ0n) is 16.3. The van der Waals surface area contributed by atoms with Crippen LogP contribution in [0.5, 0.6) is 0 Å². The Labute approximate surface area is 173 Å². The van der Waals surface area contributed by atoms with E-state index in [4.69, 9.17) is 0 Å². The molecule has 3 aromatic carbocycles. The highest BCUT2D eigenvalue weighted by atomic mass is 16.2. The predicted octanol–water partition coefficient (Wildman–Crippen LogP) is 4.38. The minimum Gasteiger partial charge on any atom is -0.272 e. The number of allylic oxidation sites excluding steroid dienone is 2. The molecule has 4 aliphatic carbocycles. The first kappa shape index (κ1) is 16.5. The van der Waals surface area contributed by atoms with Crippen molar-refractivity contribution in [1.82, 2.24) is 5.01 Å². The van der Waals surface area contributed by atoms with Crippen molar-refractivity contribution < 1.29 is 9.59 Å². The molecule has 2 amide bonds. The van der Waals surface area contributed by atoms with Crippen LogP contribution in [0.2, 0.25) is 0 Å². The van der Waals surface area contributed by atoms with E-state index in [-0.39, 0.29) is 35.5 Å². The van der Waals surface area contributed by atoms with Crippen LogP contribution in [0.25, 0.3) is 21.5 Å². The highest BCUT2D eigenvalue weighted by Crippen LogP contribution is 2.65. The lowest BCUT2D eigenvalue weighted by molar-refractivity contribution is -0.140. The van der Waals surface area contributed by atoms with Gasteiger partial charge in [-0.3, -0.25) is 9.59 Å². The number of fused-ring (bicyclic) bond motifs is 2. The van der Waals surface area contributed by atoms with Gasteiger partial charge in [-0.05, 0) is 57.7 Å². The normalized spacial score (nSPS) is 33.7. The Hall–Kier alpha value is -3.27. The van der Waals surface area contributed by atoms with Gasteiger partial charge < -0.3 is 0 Å². The molecule has 0 radical (unpaired) electrons. The van der Waals surface area contributed by atoms with E-state index >= 15 is 0 Å². The molecule has 6 atom stereocenters. The maximum absolute atomic E-state index is 13.2. The molecule has 1 aliphatic heterocycles. The molecule has 1 heterocycles. The molecular formula is C26H20N2O2. The minimum atomic E-state index is -0.210. The lowest BCUT2D eigenvalue weighted by Gasteiger charge is -2.37. The average molecular weight is 392 g/mol. The maximum atomic E-state index is 13.2. The SMILES string of the molecule is O=C1[C@@H]2[C@H]3C=C[C@@H]([C@@H]4C[C@H]34)[C@H]2C(=O)N1N=Cc1c2ccccc2cc2ccccc12.